The Kier molecular flexibility index (Phi) is 19.6. The molecule has 2 heteroatoms. The van der Waals surface area contributed by atoms with Gasteiger partial charge in [-0.15, -0.1) is 0 Å². The van der Waals surface area contributed by atoms with Crippen molar-refractivity contribution in [1.29, 1.82) is 0 Å². The molecule has 0 N–H and O–H groups in total. The standard InChI is InChI=1S/C15H24O.C9H14O/c1-13(2)8-7-11-14(3)9-5-6-10-15(4)12-16;1-3-4-5-6-7-9(2)8-10/h8-10,12H,5-7,11H2,1-4H3;3-4,7-8H,5-6H2,1-2H3. The summed E-state index contributed by atoms with van der Waals surface area (Å²) >= 11 is 0. The number of hydrogen-bond donors (Lipinski definition) is 0. The first-order chi connectivity index (χ1) is 12.4. The molecular formula is C24H38O2. The van der Waals surface area contributed by atoms with Crippen LogP contribution in [0.3, 0.4) is 0 Å². The zero-order valence-corrected chi connectivity index (χ0v) is 17.7. The second-order valence-electron chi connectivity index (χ2n) is 6.73. The molecule has 146 valence electrons. The molecule has 0 radical (unpaired) electrons. The summed E-state index contributed by atoms with van der Waals surface area (Å²) in [7, 11) is 0. The number of rotatable bonds is 11. The van der Waals surface area contributed by atoms with E-state index < -0.39 is 0 Å². The van der Waals surface area contributed by atoms with E-state index in [0.29, 0.717) is 0 Å². The summed E-state index contributed by atoms with van der Waals surface area (Å²) in [5, 5.41) is 0. The quantitative estimate of drug-likeness (QED) is 0.171. The van der Waals surface area contributed by atoms with Crippen molar-refractivity contribution >= 4 is 12.6 Å². The van der Waals surface area contributed by atoms with Crippen LogP contribution in [0.4, 0.5) is 0 Å². The third-order valence-corrected chi connectivity index (χ3v) is 3.62. The average molecular weight is 359 g/mol. The Morgan fingerprint density at radius 3 is 1.62 bits per heavy atom. The topological polar surface area (TPSA) is 34.1 Å². The molecule has 0 bridgehead atoms. The van der Waals surface area contributed by atoms with E-state index in [0.717, 1.165) is 62.2 Å². The summed E-state index contributed by atoms with van der Waals surface area (Å²) in [5.41, 5.74) is 4.48. The Hall–Kier alpha value is -1.96. The van der Waals surface area contributed by atoms with Crippen molar-refractivity contribution in [3.05, 3.63) is 58.7 Å². The second-order valence-corrected chi connectivity index (χ2v) is 6.73. The monoisotopic (exact) mass is 358 g/mol. The van der Waals surface area contributed by atoms with E-state index in [1.54, 1.807) is 0 Å². The Morgan fingerprint density at radius 1 is 0.654 bits per heavy atom. The summed E-state index contributed by atoms with van der Waals surface area (Å²) in [6.07, 6.45) is 20.7. The van der Waals surface area contributed by atoms with Crippen LogP contribution in [0.5, 0.6) is 0 Å². The van der Waals surface area contributed by atoms with Crippen LogP contribution in [-0.2, 0) is 9.59 Å². The fourth-order valence-corrected chi connectivity index (χ4v) is 2.00. The first-order valence-electron chi connectivity index (χ1n) is 9.51. The van der Waals surface area contributed by atoms with Gasteiger partial charge in [-0.25, -0.2) is 0 Å². The molecule has 0 unspecified atom stereocenters. The highest BCUT2D eigenvalue weighted by Crippen LogP contribution is 2.09. The number of carbonyl (C=O) groups is 2. The summed E-state index contributed by atoms with van der Waals surface area (Å²) in [4.78, 5) is 20.4. The zero-order valence-electron chi connectivity index (χ0n) is 17.7. The highest BCUT2D eigenvalue weighted by molar-refractivity contribution is 5.72. The summed E-state index contributed by atoms with van der Waals surface area (Å²) < 4.78 is 0. The Labute approximate surface area is 161 Å². The lowest BCUT2D eigenvalue weighted by molar-refractivity contribution is -0.105. The molecule has 0 aliphatic carbocycles. The van der Waals surface area contributed by atoms with Gasteiger partial charge in [-0.1, -0.05) is 47.6 Å². The van der Waals surface area contributed by atoms with Gasteiger partial charge >= 0.3 is 0 Å². The van der Waals surface area contributed by atoms with Crippen LogP contribution in [0.1, 0.15) is 80.1 Å². The van der Waals surface area contributed by atoms with Crippen LogP contribution in [0.15, 0.2) is 58.7 Å². The van der Waals surface area contributed by atoms with Crippen molar-refractivity contribution in [2.24, 2.45) is 0 Å². The minimum atomic E-state index is 0.824. The third kappa shape index (κ3) is 22.0. The fraction of sp³-hybridized carbons (Fsp3) is 0.500. The van der Waals surface area contributed by atoms with Crippen molar-refractivity contribution in [2.75, 3.05) is 0 Å². The lowest BCUT2D eigenvalue weighted by Gasteiger charge is -1.98. The molecule has 0 aromatic rings. The maximum atomic E-state index is 10.3. The lowest BCUT2D eigenvalue weighted by Crippen LogP contribution is -1.79. The highest BCUT2D eigenvalue weighted by Gasteiger charge is 1.89. The van der Waals surface area contributed by atoms with Crippen molar-refractivity contribution in [3.8, 4) is 0 Å². The molecule has 0 aromatic heterocycles. The first-order valence-corrected chi connectivity index (χ1v) is 9.51. The van der Waals surface area contributed by atoms with E-state index in [1.165, 1.54) is 11.1 Å². The summed E-state index contributed by atoms with van der Waals surface area (Å²) in [5.74, 6) is 0. The van der Waals surface area contributed by atoms with Gasteiger partial charge in [0.05, 0.1) is 0 Å². The van der Waals surface area contributed by atoms with Crippen molar-refractivity contribution < 1.29 is 9.59 Å². The van der Waals surface area contributed by atoms with Gasteiger partial charge < -0.3 is 0 Å². The molecule has 0 fully saturated rings. The van der Waals surface area contributed by atoms with Crippen LogP contribution in [0.2, 0.25) is 0 Å². The molecular weight excluding hydrogens is 320 g/mol. The molecule has 26 heavy (non-hydrogen) atoms. The maximum Gasteiger partial charge on any atom is 0.145 e. The van der Waals surface area contributed by atoms with Crippen LogP contribution in [-0.4, -0.2) is 12.6 Å². The van der Waals surface area contributed by atoms with Crippen LogP contribution in [0.25, 0.3) is 0 Å². The average Bonchev–Trinajstić information content (AvgIpc) is 2.62. The minimum Gasteiger partial charge on any atom is -0.298 e. The van der Waals surface area contributed by atoms with Crippen LogP contribution < -0.4 is 0 Å². The Balaban J connectivity index is 0. The van der Waals surface area contributed by atoms with E-state index in [1.807, 2.05) is 39.0 Å². The first kappa shape index (κ1) is 26.3. The number of unbranched alkanes of at least 4 members (excludes halogenated alkanes) is 2. The van der Waals surface area contributed by atoms with Crippen LogP contribution in [0, 0.1) is 0 Å². The van der Waals surface area contributed by atoms with E-state index in [2.05, 4.69) is 39.0 Å². The lowest BCUT2D eigenvalue weighted by atomic mass is 10.1. The molecule has 2 nitrogen and oxygen atoms in total. The van der Waals surface area contributed by atoms with Gasteiger partial charge in [0, 0.05) is 0 Å². The van der Waals surface area contributed by atoms with E-state index in [-0.39, 0.29) is 0 Å². The Bertz CT molecular complexity index is 524. The molecule has 0 aliphatic heterocycles. The highest BCUT2D eigenvalue weighted by atomic mass is 16.1. The van der Waals surface area contributed by atoms with Gasteiger partial charge in [-0.2, -0.15) is 0 Å². The number of allylic oxidation sites excluding steroid dienone is 10. The van der Waals surface area contributed by atoms with Crippen LogP contribution >= 0.6 is 0 Å². The summed E-state index contributed by atoms with van der Waals surface area (Å²) in [6.45, 7) is 12.1. The van der Waals surface area contributed by atoms with Crippen molar-refractivity contribution in [2.45, 2.75) is 80.1 Å². The largest absolute Gasteiger partial charge is 0.298 e. The van der Waals surface area contributed by atoms with Gasteiger partial charge in [0.25, 0.3) is 0 Å². The summed E-state index contributed by atoms with van der Waals surface area (Å²) in [6, 6.07) is 0. The predicted molar refractivity (Wildman–Crippen MR) is 115 cm³/mol. The number of carbonyl (C=O) groups excluding carboxylic acids is 2. The normalized spacial score (nSPS) is 12.5. The maximum absolute atomic E-state index is 10.3. The molecule has 0 heterocycles. The number of aldehydes is 2. The van der Waals surface area contributed by atoms with Crippen molar-refractivity contribution in [3.63, 3.8) is 0 Å². The molecule has 0 saturated heterocycles. The molecule has 0 atom stereocenters. The van der Waals surface area contributed by atoms with E-state index >= 15 is 0 Å². The molecule has 0 saturated carbocycles. The molecule has 0 aromatic carbocycles. The van der Waals surface area contributed by atoms with E-state index in [9.17, 15) is 9.59 Å². The number of hydrogen-bond acceptors (Lipinski definition) is 2. The van der Waals surface area contributed by atoms with E-state index in [4.69, 9.17) is 0 Å². The second kappa shape index (κ2) is 19.4. The predicted octanol–water partition coefficient (Wildman–Crippen LogP) is 7.09. The third-order valence-electron chi connectivity index (χ3n) is 3.62. The molecule has 0 spiro atoms. The van der Waals surface area contributed by atoms with Gasteiger partial charge in [0.2, 0.25) is 0 Å². The van der Waals surface area contributed by atoms with Gasteiger partial charge in [0.1, 0.15) is 12.6 Å². The van der Waals surface area contributed by atoms with Crippen molar-refractivity contribution in [1.82, 2.24) is 0 Å². The fourth-order valence-electron chi connectivity index (χ4n) is 2.00. The molecule has 0 aliphatic rings. The smallest absolute Gasteiger partial charge is 0.145 e. The molecule has 0 rings (SSSR count). The SMILES string of the molecule is CC(C)=CCCC(C)=CCCC=C(C)C=O.CC=CCCC=C(C)C=O. The zero-order chi connectivity index (χ0) is 20.2. The van der Waals surface area contributed by atoms with Gasteiger partial charge in [-0.3, -0.25) is 9.59 Å². The van der Waals surface area contributed by atoms with Gasteiger partial charge in [-0.05, 0) is 91.2 Å². The molecule has 0 amide bonds. The Morgan fingerprint density at radius 2 is 1.15 bits per heavy atom. The minimum absolute atomic E-state index is 0.824. The van der Waals surface area contributed by atoms with Gasteiger partial charge in [0.15, 0.2) is 0 Å².